The number of furan rings is 6. The van der Waals surface area contributed by atoms with Crippen LogP contribution in [0.3, 0.4) is 0 Å². The molecule has 0 amide bonds. The summed E-state index contributed by atoms with van der Waals surface area (Å²) in [7, 11) is 0. The highest BCUT2D eigenvalue weighted by Crippen LogP contribution is 2.45. The molecule has 12 heteroatoms. The molecular formula is C119H70N6O6. The summed E-state index contributed by atoms with van der Waals surface area (Å²) < 4.78 is 43.6. The third-order valence-corrected chi connectivity index (χ3v) is 26.1. The van der Waals surface area contributed by atoms with E-state index >= 15 is 0 Å². The molecule has 12 heterocycles. The van der Waals surface area contributed by atoms with Gasteiger partial charge in [0.25, 0.3) is 0 Å². The van der Waals surface area contributed by atoms with Crippen LogP contribution in [-0.4, -0.2) is 28.2 Å². The van der Waals surface area contributed by atoms with Crippen molar-refractivity contribution in [2.45, 2.75) is 0 Å². The molecule has 17 aromatic carbocycles. The SMILES string of the molecule is c1cc(-c2ccc(-c3cn4ccccc4n3)cc2)cc(-c2ccc3oc4cc5c(cc4c3c2)oc2ccccc25)c1.c1cc(-c2ccc3cc(-c4ccc5oc6cc7c(cc6c5c4)oc4ccccc47)ccc3c2)cc(-c2cn3ccccc3n2)c1.c1ccc2c(c1)oc1cc3c(cc12)oc1ccc(-c2ccc4cc(-c5ccc(-c6cn7ccccc7n6)cc5)ccc4c2)cc13. The summed E-state index contributed by atoms with van der Waals surface area (Å²) in [5.74, 6) is 0. The topological polar surface area (TPSA) is 131 Å². The lowest BCUT2D eigenvalue weighted by atomic mass is 9.96. The Morgan fingerprint density at radius 3 is 0.710 bits per heavy atom. The molecule has 0 radical (unpaired) electrons. The van der Waals surface area contributed by atoms with Gasteiger partial charge in [0.1, 0.15) is 83.9 Å². The van der Waals surface area contributed by atoms with Gasteiger partial charge in [-0.2, -0.15) is 0 Å². The monoisotopic (exact) mass is 1680 g/mol. The molecule has 0 N–H and O–H groups in total. The van der Waals surface area contributed by atoms with Crippen molar-refractivity contribution in [2.24, 2.45) is 0 Å². The zero-order chi connectivity index (χ0) is 85.9. The average Bonchev–Trinajstić information content (AvgIpc) is 1.60. The largest absolute Gasteiger partial charge is 0.456 e. The fraction of sp³-hybridized carbons (Fsp3) is 0. The number of pyridine rings is 3. The Labute approximate surface area is 745 Å². The number of rotatable bonds is 9. The van der Waals surface area contributed by atoms with Gasteiger partial charge < -0.3 is 39.7 Å². The van der Waals surface area contributed by atoms with Gasteiger partial charge in [0.05, 0.1) is 17.1 Å². The number of para-hydroxylation sites is 3. The van der Waals surface area contributed by atoms with Gasteiger partial charge in [-0.25, -0.2) is 15.0 Å². The number of imidazole rings is 3. The molecule has 0 aliphatic rings. The van der Waals surface area contributed by atoms with E-state index in [1.54, 1.807) is 0 Å². The van der Waals surface area contributed by atoms with E-state index in [-0.39, 0.29) is 0 Å². The van der Waals surface area contributed by atoms with Crippen molar-refractivity contribution in [3.63, 3.8) is 0 Å². The van der Waals surface area contributed by atoms with Crippen molar-refractivity contribution in [2.75, 3.05) is 0 Å². The lowest BCUT2D eigenvalue weighted by Crippen LogP contribution is -1.83. The molecule has 0 aliphatic carbocycles. The molecule has 0 atom stereocenters. The summed E-state index contributed by atoms with van der Waals surface area (Å²) in [4.78, 5) is 14.3. The number of hydrogen-bond donors (Lipinski definition) is 0. The minimum Gasteiger partial charge on any atom is -0.456 e. The van der Waals surface area contributed by atoms with Crippen LogP contribution in [0.15, 0.2) is 452 Å². The number of nitrogens with zero attached hydrogens (tertiary/aromatic N) is 6. The second kappa shape index (κ2) is 29.4. The molecule has 0 saturated heterocycles. The van der Waals surface area contributed by atoms with Crippen LogP contribution in [0.1, 0.15) is 0 Å². The minimum atomic E-state index is 0.871. The van der Waals surface area contributed by atoms with Crippen molar-refractivity contribution in [3.8, 4) is 101 Å². The van der Waals surface area contributed by atoms with Crippen LogP contribution in [0.5, 0.6) is 0 Å². The molecule has 612 valence electrons. The van der Waals surface area contributed by atoms with E-state index in [0.717, 1.165) is 205 Å². The van der Waals surface area contributed by atoms with E-state index in [1.165, 1.54) is 66.1 Å². The third-order valence-electron chi connectivity index (χ3n) is 26.1. The van der Waals surface area contributed by atoms with Gasteiger partial charge in [0.15, 0.2) is 0 Å². The smallest absolute Gasteiger partial charge is 0.137 e. The molecule has 0 unspecified atom stereocenters. The maximum Gasteiger partial charge on any atom is 0.137 e. The van der Waals surface area contributed by atoms with Crippen LogP contribution in [0.2, 0.25) is 0 Å². The van der Waals surface area contributed by atoms with Gasteiger partial charge in [0.2, 0.25) is 0 Å². The average molecular weight is 1680 g/mol. The summed E-state index contributed by atoms with van der Waals surface area (Å²) in [5, 5.41) is 17.8. The zero-order valence-corrected chi connectivity index (χ0v) is 70.0. The second-order valence-electron chi connectivity index (χ2n) is 33.9. The number of benzene rings is 17. The van der Waals surface area contributed by atoms with Crippen molar-refractivity contribution in [1.29, 1.82) is 0 Å². The molecule has 131 heavy (non-hydrogen) atoms. The normalized spacial score (nSPS) is 12.0. The van der Waals surface area contributed by atoms with E-state index < -0.39 is 0 Å². The van der Waals surface area contributed by atoms with Gasteiger partial charge >= 0.3 is 0 Å². The Morgan fingerprint density at radius 2 is 0.374 bits per heavy atom. The summed E-state index contributed by atoms with van der Waals surface area (Å²) >= 11 is 0. The Morgan fingerprint density at radius 1 is 0.145 bits per heavy atom. The van der Waals surface area contributed by atoms with Gasteiger partial charge in [-0.05, 0) is 252 Å². The van der Waals surface area contributed by atoms with Crippen LogP contribution >= 0.6 is 0 Å². The lowest BCUT2D eigenvalue weighted by Gasteiger charge is -2.08. The Bertz CT molecular complexity index is 9630. The van der Waals surface area contributed by atoms with Crippen LogP contribution in [0.25, 0.3) is 271 Å². The van der Waals surface area contributed by atoms with Crippen LogP contribution < -0.4 is 0 Å². The maximum absolute atomic E-state index is 6.30. The predicted molar refractivity (Wildman–Crippen MR) is 533 cm³/mol. The lowest BCUT2D eigenvalue weighted by molar-refractivity contribution is 0.664. The highest BCUT2D eigenvalue weighted by molar-refractivity contribution is 6.19. The highest BCUT2D eigenvalue weighted by atomic mass is 16.4. The maximum atomic E-state index is 6.30. The van der Waals surface area contributed by atoms with Gasteiger partial charge in [-0.15, -0.1) is 0 Å². The quantitative estimate of drug-likeness (QED) is 0.139. The predicted octanol–water partition coefficient (Wildman–Crippen LogP) is 32.7. The standard InChI is InChI=1S/2C41H24N2O2.C37H22N2O2/c1-2-9-37-32(8-1)34-22-40-35(23-39(34)44-37)33-21-30(15-16-38(33)45-40)29-14-13-27-18-26(11-12-28(27)19-29)25-6-5-7-31(20-25)36-24-43-17-4-3-10-41(43)42-36;1-2-6-37-32(5-1)34-22-40-35(23-39(34)44-37)33-21-31(16-17-38(33)45-40)30-15-14-28-19-27(12-13-29(28)20-30)25-8-10-26(11-9-25)36-24-43-18-4-3-7-41(43)42-36;1-2-9-33-28(8-1)30-20-36-31(21-35(30)40-33)29-19-27(15-16-34(29)41-36)26-7-5-6-25(18-26)23-11-13-24(14-12-23)32-22-39-17-4-3-10-37(39)38-32/h2*1-24H;1-22H. The van der Waals surface area contributed by atoms with Crippen molar-refractivity contribution >= 4 is 170 Å². The summed E-state index contributed by atoms with van der Waals surface area (Å²) in [5.41, 5.74) is 33.7. The molecule has 29 aromatic rings. The Hall–Kier alpha value is -17.9. The molecular weight excluding hydrogens is 1610 g/mol. The van der Waals surface area contributed by atoms with Crippen molar-refractivity contribution in [3.05, 3.63) is 425 Å². The minimum absolute atomic E-state index is 0.871. The molecule has 0 aliphatic heterocycles. The fourth-order valence-corrected chi connectivity index (χ4v) is 19.4. The molecule has 0 saturated carbocycles. The van der Waals surface area contributed by atoms with Crippen molar-refractivity contribution < 1.29 is 26.5 Å². The number of fused-ring (bicyclic) bond motifs is 23. The van der Waals surface area contributed by atoms with Crippen LogP contribution in [-0.2, 0) is 0 Å². The molecule has 0 bridgehead atoms. The molecule has 12 nitrogen and oxygen atoms in total. The van der Waals surface area contributed by atoms with Gasteiger partial charge in [-0.1, -0.05) is 224 Å². The molecule has 0 spiro atoms. The van der Waals surface area contributed by atoms with Gasteiger partial charge in [0, 0.05) is 119 Å². The molecule has 29 rings (SSSR count). The fourth-order valence-electron chi connectivity index (χ4n) is 19.4. The summed E-state index contributed by atoms with van der Waals surface area (Å²) in [6, 6.07) is 136. The highest BCUT2D eigenvalue weighted by Gasteiger charge is 2.21. The van der Waals surface area contributed by atoms with E-state index in [2.05, 4.69) is 306 Å². The number of hydrogen-bond acceptors (Lipinski definition) is 9. The van der Waals surface area contributed by atoms with E-state index in [9.17, 15) is 0 Å². The van der Waals surface area contributed by atoms with Crippen molar-refractivity contribution in [1.82, 2.24) is 28.2 Å². The first-order valence-corrected chi connectivity index (χ1v) is 43.9. The van der Waals surface area contributed by atoms with E-state index in [1.807, 2.05) is 132 Å². The van der Waals surface area contributed by atoms with Crippen LogP contribution in [0, 0.1) is 0 Å². The Balaban J connectivity index is 0.000000101. The summed E-state index contributed by atoms with van der Waals surface area (Å²) in [6.07, 6.45) is 12.3. The first-order chi connectivity index (χ1) is 64.7. The van der Waals surface area contributed by atoms with Crippen LogP contribution in [0.4, 0.5) is 0 Å². The molecule has 0 fully saturated rings. The van der Waals surface area contributed by atoms with Gasteiger partial charge in [-0.3, -0.25) is 0 Å². The first-order valence-electron chi connectivity index (χ1n) is 43.9. The molecule has 12 aromatic heterocycles. The third kappa shape index (κ3) is 12.7. The van der Waals surface area contributed by atoms with E-state index in [4.69, 9.17) is 41.5 Å². The van der Waals surface area contributed by atoms with E-state index in [0.29, 0.717) is 0 Å². The zero-order valence-electron chi connectivity index (χ0n) is 70.0. The first kappa shape index (κ1) is 73.5. The summed E-state index contributed by atoms with van der Waals surface area (Å²) in [6.45, 7) is 0. The Kier molecular flexibility index (Phi) is 16.5. The second-order valence-corrected chi connectivity index (χ2v) is 33.9. The number of aromatic nitrogens is 6.